The quantitative estimate of drug-likeness (QED) is 0.812. The first-order chi connectivity index (χ1) is 11.2. The summed E-state index contributed by atoms with van der Waals surface area (Å²) in [5.41, 5.74) is 0.376. The van der Waals surface area contributed by atoms with Crippen LogP contribution in [0.25, 0.3) is 0 Å². The SMILES string of the molecule is CCOC(=O)c1cc(NS(=O)(=O)c2ccc(C)cc2)c(F)cc1Cl. The molecular weight excluding hydrogens is 357 g/mol. The number of benzene rings is 2. The first-order valence-corrected chi connectivity index (χ1v) is 8.86. The molecule has 0 aliphatic carbocycles. The molecule has 1 N–H and O–H groups in total. The molecule has 0 heterocycles. The number of carbonyl (C=O) groups excluding carboxylic acids is 1. The molecule has 0 spiro atoms. The van der Waals surface area contributed by atoms with Gasteiger partial charge in [-0.15, -0.1) is 0 Å². The van der Waals surface area contributed by atoms with Crippen LogP contribution in [0.15, 0.2) is 41.3 Å². The highest BCUT2D eigenvalue weighted by Crippen LogP contribution is 2.27. The van der Waals surface area contributed by atoms with Gasteiger partial charge in [0.25, 0.3) is 10.0 Å². The maximum atomic E-state index is 14.0. The Morgan fingerprint density at radius 1 is 1.25 bits per heavy atom. The van der Waals surface area contributed by atoms with Gasteiger partial charge in [0.15, 0.2) is 0 Å². The topological polar surface area (TPSA) is 72.5 Å². The van der Waals surface area contributed by atoms with Crippen LogP contribution in [0.4, 0.5) is 10.1 Å². The van der Waals surface area contributed by atoms with Crippen molar-refractivity contribution >= 4 is 33.3 Å². The van der Waals surface area contributed by atoms with E-state index < -0.39 is 21.8 Å². The van der Waals surface area contributed by atoms with E-state index in [9.17, 15) is 17.6 Å². The molecule has 0 bridgehead atoms. The number of anilines is 1. The van der Waals surface area contributed by atoms with Gasteiger partial charge < -0.3 is 4.74 Å². The molecule has 0 amide bonds. The zero-order valence-corrected chi connectivity index (χ0v) is 14.5. The van der Waals surface area contributed by atoms with Crippen molar-refractivity contribution in [2.24, 2.45) is 0 Å². The molecule has 0 atom stereocenters. The summed E-state index contributed by atoms with van der Waals surface area (Å²) in [6, 6.07) is 7.92. The number of hydrogen-bond acceptors (Lipinski definition) is 4. The number of esters is 1. The third-order valence-corrected chi connectivity index (χ3v) is 4.82. The maximum absolute atomic E-state index is 14.0. The summed E-state index contributed by atoms with van der Waals surface area (Å²) in [4.78, 5) is 11.8. The number of nitrogens with one attached hydrogen (secondary N) is 1. The molecule has 0 saturated carbocycles. The Balaban J connectivity index is 2.40. The lowest BCUT2D eigenvalue weighted by Gasteiger charge is -2.12. The van der Waals surface area contributed by atoms with E-state index in [-0.39, 0.29) is 27.8 Å². The van der Waals surface area contributed by atoms with Gasteiger partial charge in [0.1, 0.15) is 5.82 Å². The van der Waals surface area contributed by atoms with Crippen molar-refractivity contribution in [1.82, 2.24) is 0 Å². The Morgan fingerprint density at radius 2 is 1.88 bits per heavy atom. The lowest BCUT2D eigenvalue weighted by atomic mass is 10.2. The third-order valence-electron chi connectivity index (χ3n) is 3.13. The van der Waals surface area contributed by atoms with Crippen LogP contribution >= 0.6 is 11.6 Å². The van der Waals surface area contributed by atoms with Crippen molar-refractivity contribution in [3.63, 3.8) is 0 Å². The normalized spacial score (nSPS) is 11.2. The van der Waals surface area contributed by atoms with Gasteiger partial charge in [-0.05, 0) is 38.1 Å². The van der Waals surface area contributed by atoms with Crippen molar-refractivity contribution in [2.45, 2.75) is 18.7 Å². The maximum Gasteiger partial charge on any atom is 0.339 e. The highest BCUT2D eigenvalue weighted by molar-refractivity contribution is 7.92. The Labute approximate surface area is 144 Å². The minimum atomic E-state index is -4.01. The lowest BCUT2D eigenvalue weighted by Crippen LogP contribution is -2.15. The minimum Gasteiger partial charge on any atom is -0.462 e. The fourth-order valence-corrected chi connectivity index (χ4v) is 3.20. The molecule has 2 aromatic carbocycles. The fraction of sp³-hybridized carbons (Fsp3) is 0.188. The molecule has 2 aromatic rings. The molecule has 2 rings (SSSR count). The number of aryl methyl sites for hydroxylation is 1. The van der Waals surface area contributed by atoms with Crippen LogP contribution in [0.1, 0.15) is 22.8 Å². The molecule has 0 fully saturated rings. The zero-order valence-electron chi connectivity index (χ0n) is 13.0. The van der Waals surface area contributed by atoms with Crippen molar-refractivity contribution in [2.75, 3.05) is 11.3 Å². The predicted molar refractivity (Wildman–Crippen MR) is 89.4 cm³/mol. The summed E-state index contributed by atoms with van der Waals surface area (Å²) in [5, 5.41) is -0.163. The lowest BCUT2D eigenvalue weighted by molar-refractivity contribution is 0.0526. The van der Waals surface area contributed by atoms with E-state index in [1.807, 2.05) is 6.92 Å². The third kappa shape index (κ3) is 4.04. The van der Waals surface area contributed by atoms with Crippen molar-refractivity contribution < 1.29 is 22.3 Å². The summed E-state index contributed by atoms with van der Waals surface area (Å²) in [6.07, 6.45) is 0. The van der Waals surface area contributed by atoms with E-state index >= 15 is 0 Å². The average Bonchev–Trinajstić information content (AvgIpc) is 2.50. The molecule has 0 radical (unpaired) electrons. The smallest absolute Gasteiger partial charge is 0.339 e. The second kappa shape index (κ2) is 7.19. The largest absolute Gasteiger partial charge is 0.462 e. The molecule has 5 nitrogen and oxygen atoms in total. The monoisotopic (exact) mass is 371 g/mol. The summed E-state index contributed by atoms with van der Waals surface area (Å²) >= 11 is 5.82. The molecule has 24 heavy (non-hydrogen) atoms. The van der Waals surface area contributed by atoms with Crippen molar-refractivity contribution in [1.29, 1.82) is 0 Å². The number of halogens is 2. The van der Waals surface area contributed by atoms with Gasteiger partial charge in [-0.1, -0.05) is 29.3 Å². The van der Waals surface area contributed by atoms with Crippen molar-refractivity contribution in [3.05, 3.63) is 58.4 Å². The molecule has 0 aliphatic heterocycles. The highest BCUT2D eigenvalue weighted by Gasteiger charge is 2.20. The standard InChI is InChI=1S/C16H15ClFNO4S/c1-3-23-16(20)12-8-15(14(18)9-13(12)17)19-24(21,22)11-6-4-10(2)5-7-11/h4-9,19H,3H2,1-2H3. The van der Waals surface area contributed by atoms with Gasteiger partial charge in [0, 0.05) is 0 Å². The Bertz CT molecular complexity index is 866. The number of hydrogen-bond donors (Lipinski definition) is 1. The highest BCUT2D eigenvalue weighted by atomic mass is 35.5. The van der Waals surface area contributed by atoms with Crippen LogP contribution in [-0.4, -0.2) is 21.0 Å². The average molecular weight is 372 g/mol. The van der Waals surface area contributed by atoms with E-state index in [0.29, 0.717) is 0 Å². The van der Waals surface area contributed by atoms with Crippen LogP contribution in [-0.2, 0) is 14.8 Å². The van der Waals surface area contributed by atoms with Gasteiger partial charge in [0.2, 0.25) is 0 Å². The minimum absolute atomic E-state index is 0.0277. The van der Waals surface area contributed by atoms with E-state index in [0.717, 1.165) is 17.7 Å². The molecular formula is C16H15ClFNO4S. The Hall–Kier alpha value is -2.12. The number of carbonyl (C=O) groups is 1. The summed E-state index contributed by atoms with van der Waals surface area (Å²) < 4.78 is 45.6. The van der Waals surface area contributed by atoms with Crippen LogP contribution < -0.4 is 4.72 Å². The van der Waals surface area contributed by atoms with Crippen LogP contribution in [0.2, 0.25) is 5.02 Å². The molecule has 0 saturated heterocycles. The van der Waals surface area contributed by atoms with Gasteiger partial charge in [-0.25, -0.2) is 17.6 Å². The fourth-order valence-electron chi connectivity index (χ4n) is 1.91. The molecule has 0 unspecified atom stereocenters. The summed E-state index contributed by atoms with van der Waals surface area (Å²) in [7, 11) is -4.01. The summed E-state index contributed by atoms with van der Waals surface area (Å²) in [6.45, 7) is 3.53. The zero-order chi connectivity index (χ0) is 17.9. The van der Waals surface area contributed by atoms with E-state index in [2.05, 4.69) is 4.72 Å². The van der Waals surface area contributed by atoms with Gasteiger partial charge in [0.05, 0.1) is 27.8 Å². The van der Waals surface area contributed by atoms with Crippen LogP contribution in [0.5, 0.6) is 0 Å². The van der Waals surface area contributed by atoms with E-state index in [1.54, 1.807) is 19.1 Å². The number of rotatable bonds is 5. The molecule has 0 aromatic heterocycles. The first-order valence-electron chi connectivity index (χ1n) is 7.00. The number of ether oxygens (including phenoxy) is 1. The van der Waals surface area contributed by atoms with Crippen molar-refractivity contribution in [3.8, 4) is 0 Å². The van der Waals surface area contributed by atoms with Gasteiger partial charge in [-0.3, -0.25) is 4.72 Å². The van der Waals surface area contributed by atoms with Crippen LogP contribution in [0.3, 0.4) is 0 Å². The Morgan fingerprint density at radius 3 is 2.46 bits per heavy atom. The van der Waals surface area contributed by atoms with Gasteiger partial charge >= 0.3 is 5.97 Å². The van der Waals surface area contributed by atoms with E-state index in [4.69, 9.17) is 16.3 Å². The summed E-state index contributed by atoms with van der Waals surface area (Å²) in [5.74, 6) is -1.66. The van der Waals surface area contributed by atoms with E-state index in [1.165, 1.54) is 12.1 Å². The molecule has 0 aliphatic rings. The number of sulfonamides is 1. The predicted octanol–water partition coefficient (Wildman–Crippen LogP) is 3.77. The van der Waals surface area contributed by atoms with Crippen LogP contribution in [0, 0.1) is 12.7 Å². The second-order valence-corrected chi connectivity index (χ2v) is 7.04. The first kappa shape index (κ1) is 18.2. The van der Waals surface area contributed by atoms with Gasteiger partial charge in [-0.2, -0.15) is 0 Å². The molecule has 8 heteroatoms. The second-order valence-electron chi connectivity index (χ2n) is 4.95. The Kier molecular flexibility index (Phi) is 5.46. The molecule has 128 valence electrons.